The highest BCUT2D eigenvalue weighted by atomic mass is 35.5. The maximum atomic E-state index is 5.84. The number of rotatable bonds is 5. The minimum atomic E-state index is 0.226. The summed E-state index contributed by atoms with van der Waals surface area (Å²) in [5, 5.41) is 6.61. The number of anilines is 2. The maximum absolute atomic E-state index is 5.84. The molecular formula is C10H16ClN5. The Balaban J connectivity index is 2.07. The second kappa shape index (κ2) is 4.82. The monoisotopic (exact) mass is 241 g/mol. The SMILES string of the molecule is CCC(C)Nc1nc(Cl)nc(NC2CC2)n1. The van der Waals surface area contributed by atoms with Crippen LogP contribution in [0.5, 0.6) is 0 Å². The number of nitrogens with zero attached hydrogens (tertiary/aromatic N) is 3. The van der Waals surface area contributed by atoms with Gasteiger partial charge in [0.2, 0.25) is 17.2 Å². The molecule has 2 rings (SSSR count). The summed E-state index contributed by atoms with van der Waals surface area (Å²) in [5.74, 6) is 1.10. The topological polar surface area (TPSA) is 62.7 Å². The van der Waals surface area contributed by atoms with Gasteiger partial charge in [0, 0.05) is 12.1 Å². The zero-order valence-electron chi connectivity index (χ0n) is 9.50. The Hall–Kier alpha value is -1.10. The highest BCUT2D eigenvalue weighted by Gasteiger charge is 2.22. The summed E-state index contributed by atoms with van der Waals surface area (Å²) >= 11 is 5.84. The molecule has 0 aromatic carbocycles. The molecule has 1 atom stereocenters. The number of aromatic nitrogens is 3. The normalized spacial score (nSPS) is 16.9. The van der Waals surface area contributed by atoms with E-state index in [0.29, 0.717) is 24.0 Å². The molecule has 88 valence electrons. The molecule has 0 amide bonds. The Labute approximate surface area is 100 Å². The highest BCUT2D eigenvalue weighted by molar-refractivity contribution is 6.28. The van der Waals surface area contributed by atoms with Crippen LogP contribution in [0.25, 0.3) is 0 Å². The number of hydrogen-bond acceptors (Lipinski definition) is 5. The highest BCUT2D eigenvalue weighted by Crippen LogP contribution is 2.23. The Bertz CT molecular complexity index is 366. The van der Waals surface area contributed by atoms with Crippen LogP contribution in [-0.4, -0.2) is 27.0 Å². The van der Waals surface area contributed by atoms with Gasteiger partial charge in [-0.25, -0.2) is 0 Å². The number of hydrogen-bond donors (Lipinski definition) is 2. The molecule has 0 radical (unpaired) electrons. The molecule has 1 fully saturated rings. The molecule has 1 unspecified atom stereocenters. The van der Waals surface area contributed by atoms with E-state index in [4.69, 9.17) is 11.6 Å². The summed E-state index contributed by atoms with van der Waals surface area (Å²) < 4.78 is 0. The molecule has 5 nitrogen and oxygen atoms in total. The molecule has 0 bridgehead atoms. The predicted molar refractivity (Wildman–Crippen MR) is 64.9 cm³/mol. The lowest BCUT2D eigenvalue weighted by molar-refractivity contribution is 0.750. The standard InChI is InChI=1S/C10H16ClN5/c1-3-6(2)12-9-14-8(11)15-10(16-9)13-7-4-5-7/h6-7H,3-5H2,1-2H3,(H2,12,13,14,15,16). The first-order valence-corrected chi connectivity index (χ1v) is 6.00. The molecule has 1 saturated carbocycles. The Kier molecular flexibility index (Phi) is 3.43. The fourth-order valence-electron chi connectivity index (χ4n) is 1.21. The van der Waals surface area contributed by atoms with Gasteiger partial charge in [-0.15, -0.1) is 0 Å². The predicted octanol–water partition coefficient (Wildman–Crippen LogP) is 2.31. The molecule has 2 N–H and O–H groups in total. The molecule has 1 aromatic rings. The summed E-state index contributed by atoms with van der Waals surface area (Å²) in [4.78, 5) is 12.4. The first-order valence-electron chi connectivity index (χ1n) is 5.62. The van der Waals surface area contributed by atoms with Gasteiger partial charge >= 0.3 is 0 Å². The minimum Gasteiger partial charge on any atom is -0.352 e. The number of nitrogens with one attached hydrogen (secondary N) is 2. The van der Waals surface area contributed by atoms with Gasteiger partial charge in [-0.3, -0.25) is 0 Å². The largest absolute Gasteiger partial charge is 0.352 e. The lowest BCUT2D eigenvalue weighted by atomic mass is 10.3. The fourth-order valence-corrected chi connectivity index (χ4v) is 1.37. The molecule has 0 spiro atoms. The van der Waals surface area contributed by atoms with Crippen LogP contribution in [0.2, 0.25) is 5.28 Å². The third-order valence-corrected chi connectivity index (χ3v) is 2.68. The number of halogens is 1. The first kappa shape index (κ1) is 11.4. The third-order valence-electron chi connectivity index (χ3n) is 2.51. The molecule has 16 heavy (non-hydrogen) atoms. The molecule has 1 aromatic heterocycles. The summed E-state index contributed by atoms with van der Waals surface area (Å²) in [6.45, 7) is 4.18. The van der Waals surface area contributed by atoms with E-state index in [0.717, 1.165) is 6.42 Å². The van der Waals surface area contributed by atoms with Crippen LogP contribution in [0.4, 0.5) is 11.9 Å². The molecule has 1 heterocycles. The van der Waals surface area contributed by atoms with Crippen LogP contribution >= 0.6 is 11.6 Å². The van der Waals surface area contributed by atoms with Gasteiger partial charge < -0.3 is 10.6 Å². The lowest BCUT2D eigenvalue weighted by Crippen LogP contribution is -2.17. The van der Waals surface area contributed by atoms with Gasteiger partial charge in [0.15, 0.2) is 0 Å². The smallest absolute Gasteiger partial charge is 0.229 e. The van der Waals surface area contributed by atoms with Crippen molar-refractivity contribution in [2.75, 3.05) is 10.6 Å². The van der Waals surface area contributed by atoms with E-state index in [-0.39, 0.29) is 5.28 Å². The molecule has 1 aliphatic carbocycles. The van der Waals surface area contributed by atoms with Crippen molar-refractivity contribution in [1.29, 1.82) is 0 Å². The van der Waals surface area contributed by atoms with Gasteiger partial charge in [-0.05, 0) is 37.8 Å². The van der Waals surface area contributed by atoms with Crippen molar-refractivity contribution in [2.24, 2.45) is 0 Å². The van der Waals surface area contributed by atoms with Crippen LogP contribution in [0, 0.1) is 0 Å². The average molecular weight is 242 g/mol. The van der Waals surface area contributed by atoms with Gasteiger partial charge in [0.05, 0.1) is 0 Å². The molecule has 1 aliphatic rings. The summed E-state index contributed by atoms with van der Waals surface area (Å²) in [6, 6.07) is 0.835. The van der Waals surface area contributed by atoms with Gasteiger partial charge in [0.1, 0.15) is 0 Å². The van der Waals surface area contributed by atoms with Crippen molar-refractivity contribution in [2.45, 2.75) is 45.2 Å². The van der Waals surface area contributed by atoms with E-state index < -0.39 is 0 Å². The van der Waals surface area contributed by atoms with E-state index in [1.165, 1.54) is 12.8 Å². The third kappa shape index (κ3) is 3.20. The van der Waals surface area contributed by atoms with Crippen LogP contribution in [0.3, 0.4) is 0 Å². The zero-order chi connectivity index (χ0) is 11.5. The summed E-state index contributed by atoms with van der Waals surface area (Å²) in [6.07, 6.45) is 3.36. The fraction of sp³-hybridized carbons (Fsp3) is 0.700. The van der Waals surface area contributed by atoms with Crippen molar-refractivity contribution >= 4 is 23.5 Å². The molecule has 6 heteroatoms. The van der Waals surface area contributed by atoms with E-state index in [1.54, 1.807) is 0 Å². The van der Waals surface area contributed by atoms with Crippen LogP contribution < -0.4 is 10.6 Å². The minimum absolute atomic E-state index is 0.226. The van der Waals surface area contributed by atoms with Crippen molar-refractivity contribution < 1.29 is 0 Å². The quantitative estimate of drug-likeness (QED) is 0.828. The van der Waals surface area contributed by atoms with Crippen molar-refractivity contribution in [3.05, 3.63) is 5.28 Å². The Morgan fingerprint density at radius 1 is 1.31 bits per heavy atom. The summed E-state index contributed by atoms with van der Waals surface area (Å²) in [5.41, 5.74) is 0. The van der Waals surface area contributed by atoms with Gasteiger partial charge in [-0.1, -0.05) is 6.92 Å². The lowest BCUT2D eigenvalue weighted by Gasteiger charge is -2.12. The Morgan fingerprint density at radius 2 is 2.00 bits per heavy atom. The second-order valence-corrected chi connectivity index (χ2v) is 4.46. The summed E-state index contributed by atoms with van der Waals surface area (Å²) in [7, 11) is 0. The van der Waals surface area contributed by atoms with E-state index in [1.807, 2.05) is 0 Å². The Morgan fingerprint density at radius 3 is 2.62 bits per heavy atom. The van der Waals surface area contributed by atoms with E-state index >= 15 is 0 Å². The van der Waals surface area contributed by atoms with Crippen LogP contribution in [-0.2, 0) is 0 Å². The van der Waals surface area contributed by atoms with E-state index in [2.05, 4.69) is 39.4 Å². The van der Waals surface area contributed by atoms with Crippen molar-refractivity contribution in [3.63, 3.8) is 0 Å². The van der Waals surface area contributed by atoms with Crippen molar-refractivity contribution in [3.8, 4) is 0 Å². The zero-order valence-corrected chi connectivity index (χ0v) is 10.3. The van der Waals surface area contributed by atoms with E-state index in [9.17, 15) is 0 Å². The molecular weight excluding hydrogens is 226 g/mol. The van der Waals surface area contributed by atoms with Gasteiger partial charge in [-0.2, -0.15) is 15.0 Å². The van der Waals surface area contributed by atoms with Gasteiger partial charge in [0.25, 0.3) is 0 Å². The second-order valence-electron chi connectivity index (χ2n) is 4.12. The molecule has 0 aliphatic heterocycles. The van der Waals surface area contributed by atoms with Crippen LogP contribution in [0.15, 0.2) is 0 Å². The van der Waals surface area contributed by atoms with Crippen LogP contribution in [0.1, 0.15) is 33.1 Å². The molecule has 0 saturated heterocycles. The average Bonchev–Trinajstić information content (AvgIpc) is 3.00. The maximum Gasteiger partial charge on any atom is 0.229 e. The van der Waals surface area contributed by atoms with Crippen molar-refractivity contribution in [1.82, 2.24) is 15.0 Å². The first-order chi connectivity index (χ1) is 7.67.